The van der Waals surface area contributed by atoms with Crippen LogP contribution in [0, 0.1) is 5.82 Å². The lowest BCUT2D eigenvalue weighted by molar-refractivity contribution is 0.0734. The number of halogens is 1. The summed E-state index contributed by atoms with van der Waals surface area (Å²) in [6, 6.07) is 12.8. The Bertz CT molecular complexity index is 613. The van der Waals surface area contributed by atoms with E-state index in [1.54, 1.807) is 12.1 Å². The van der Waals surface area contributed by atoms with E-state index in [0.29, 0.717) is 11.3 Å². The molecule has 0 aliphatic heterocycles. The molecule has 0 saturated heterocycles. The predicted molar refractivity (Wildman–Crippen MR) is 81.1 cm³/mol. The zero-order chi connectivity index (χ0) is 15.5. The van der Waals surface area contributed by atoms with E-state index >= 15 is 0 Å². The van der Waals surface area contributed by atoms with Gasteiger partial charge < -0.3 is 4.74 Å². The van der Waals surface area contributed by atoms with Gasteiger partial charge >= 0.3 is 5.97 Å². The van der Waals surface area contributed by atoms with Crippen molar-refractivity contribution < 1.29 is 13.9 Å². The van der Waals surface area contributed by atoms with Crippen LogP contribution in [0.3, 0.4) is 0 Å². The molecule has 3 heteroatoms. The largest absolute Gasteiger partial charge is 0.423 e. The quantitative estimate of drug-likeness (QED) is 0.600. The Morgan fingerprint density at radius 2 is 1.62 bits per heavy atom. The van der Waals surface area contributed by atoms with E-state index < -0.39 is 5.97 Å². The molecule has 0 aliphatic carbocycles. The fraction of sp³-hybridized carbons (Fsp3) is 0.278. The predicted octanol–water partition coefficient (Wildman–Crippen LogP) is 4.73. The molecule has 0 radical (unpaired) electrons. The van der Waals surface area contributed by atoms with Crippen LogP contribution in [-0.4, -0.2) is 5.97 Å². The van der Waals surface area contributed by atoms with Gasteiger partial charge in [-0.15, -0.1) is 0 Å². The number of rotatable bonds is 4. The molecule has 0 heterocycles. The maximum atomic E-state index is 12.8. The first-order valence-electron chi connectivity index (χ1n) is 7.00. The van der Waals surface area contributed by atoms with Crippen LogP contribution in [0.2, 0.25) is 0 Å². The minimum absolute atomic E-state index is 0.0967. The summed E-state index contributed by atoms with van der Waals surface area (Å²) in [7, 11) is 0. The minimum Gasteiger partial charge on any atom is -0.423 e. The average molecular weight is 286 g/mol. The Labute approximate surface area is 124 Å². The first kappa shape index (κ1) is 15.2. The number of carbonyl (C=O) groups is 1. The minimum atomic E-state index is -0.488. The molecule has 0 amide bonds. The van der Waals surface area contributed by atoms with Crippen LogP contribution >= 0.6 is 0 Å². The lowest BCUT2D eigenvalue weighted by Gasteiger charge is -2.23. The molecule has 0 spiro atoms. The van der Waals surface area contributed by atoms with Crippen molar-refractivity contribution in [2.75, 3.05) is 0 Å². The van der Waals surface area contributed by atoms with Crippen molar-refractivity contribution in [1.29, 1.82) is 0 Å². The number of hydrogen-bond acceptors (Lipinski definition) is 2. The second kappa shape index (κ2) is 6.08. The maximum Gasteiger partial charge on any atom is 0.343 e. The zero-order valence-electron chi connectivity index (χ0n) is 12.5. The van der Waals surface area contributed by atoms with Gasteiger partial charge in [0.2, 0.25) is 0 Å². The van der Waals surface area contributed by atoms with Gasteiger partial charge in [0.15, 0.2) is 0 Å². The molecule has 0 N–H and O–H groups in total. The summed E-state index contributed by atoms with van der Waals surface area (Å²) in [6.45, 7) is 6.49. The molecule has 0 saturated carbocycles. The van der Waals surface area contributed by atoms with E-state index in [4.69, 9.17) is 4.74 Å². The van der Waals surface area contributed by atoms with Crippen molar-refractivity contribution in [2.24, 2.45) is 0 Å². The summed E-state index contributed by atoms with van der Waals surface area (Å²) in [5.74, 6) is -0.379. The highest BCUT2D eigenvalue weighted by atomic mass is 19.1. The first-order chi connectivity index (χ1) is 9.92. The molecule has 0 bridgehead atoms. The van der Waals surface area contributed by atoms with E-state index in [9.17, 15) is 9.18 Å². The lowest BCUT2D eigenvalue weighted by Crippen LogP contribution is -2.15. The molecule has 2 aromatic carbocycles. The Morgan fingerprint density at radius 1 is 1.05 bits per heavy atom. The zero-order valence-corrected chi connectivity index (χ0v) is 12.5. The number of esters is 1. The maximum absolute atomic E-state index is 12.8. The summed E-state index contributed by atoms with van der Waals surface area (Å²) < 4.78 is 18.1. The Morgan fingerprint density at radius 3 is 2.14 bits per heavy atom. The molecule has 0 aromatic heterocycles. The molecule has 0 unspecified atom stereocenters. The van der Waals surface area contributed by atoms with Gasteiger partial charge in [0.05, 0.1) is 5.56 Å². The molecule has 110 valence electrons. The topological polar surface area (TPSA) is 26.3 Å². The summed E-state index contributed by atoms with van der Waals surface area (Å²) in [5.41, 5.74) is 1.63. The van der Waals surface area contributed by atoms with E-state index in [1.165, 1.54) is 29.8 Å². The molecular formula is C18H19FO2. The third-order valence-electron chi connectivity index (χ3n) is 3.81. The van der Waals surface area contributed by atoms with Crippen LogP contribution in [-0.2, 0) is 5.41 Å². The van der Waals surface area contributed by atoms with Crippen molar-refractivity contribution in [3.8, 4) is 5.75 Å². The summed E-state index contributed by atoms with van der Waals surface area (Å²) in [5, 5.41) is 0. The smallest absolute Gasteiger partial charge is 0.343 e. The molecule has 0 fully saturated rings. The third kappa shape index (κ3) is 3.69. The Hall–Kier alpha value is -2.16. The van der Waals surface area contributed by atoms with Crippen molar-refractivity contribution in [3.63, 3.8) is 0 Å². The number of hydrogen-bond donors (Lipinski definition) is 0. The normalized spacial score (nSPS) is 11.2. The van der Waals surface area contributed by atoms with Crippen LogP contribution in [0.4, 0.5) is 4.39 Å². The first-order valence-corrected chi connectivity index (χ1v) is 7.00. The van der Waals surface area contributed by atoms with Crippen LogP contribution in [0.25, 0.3) is 0 Å². The van der Waals surface area contributed by atoms with E-state index in [0.717, 1.165) is 6.42 Å². The average Bonchev–Trinajstić information content (AvgIpc) is 2.48. The Balaban J connectivity index is 2.10. The van der Waals surface area contributed by atoms with Crippen molar-refractivity contribution in [1.82, 2.24) is 0 Å². The summed E-state index contributed by atoms with van der Waals surface area (Å²) in [4.78, 5) is 11.9. The lowest BCUT2D eigenvalue weighted by atomic mass is 9.82. The van der Waals surface area contributed by atoms with E-state index in [-0.39, 0.29) is 11.2 Å². The Kier molecular flexibility index (Phi) is 4.41. The van der Waals surface area contributed by atoms with E-state index in [1.807, 2.05) is 12.1 Å². The van der Waals surface area contributed by atoms with E-state index in [2.05, 4.69) is 20.8 Å². The number of ether oxygens (including phenoxy) is 1. The van der Waals surface area contributed by atoms with Crippen LogP contribution in [0.1, 0.15) is 43.1 Å². The van der Waals surface area contributed by atoms with Gasteiger partial charge in [0.1, 0.15) is 11.6 Å². The second-order valence-electron chi connectivity index (χ2n) is 5.66. The highest BCUT2D eigenvalue weighted by Gasteiger charge is 2.18. The highest BCUT2D eigenvalue weighted by Crippen LogP contribution is 2.28. The third-order valence-corrected chi connectivity index (χ3v) is 3.81. The van der Waals surface area contributed by atoms with Crippen molar-refractivity contribution >= 4 is 5.97 Å². The number of carbonyl (C=O) groups excluding carboxylic acids is 1. The monoisotopic (exact) mass is 286 g/mol. The fourth-order valence-electron chi connectivity index (χ4n) is 1.93. The summed E-state index contributed by atoms with van der Waals surface area (Å²) in [6.07, 6.45) is 1.03. The molecule has 21 heavy (non-hydrogen) atoms. The van der Waals surface area contributed by atoms with Gasteiger partial charge in [-0.3, -0.25) is 0 Å². The van der Waals surface area contributed by atoms with Gasteiger partial charge in [0, 0.05) is 0 Å². The molecule has 2 rings (SSSR count). The van der Waals surface area contributed by atoms with Gasteiger partial charge in [-0.2, -0.15) is 0 Å². The van der Waals surface area contributed by atoms with Gasteiger partial charge in [0.25, 0.3) is 0 Å². The second-order valence-corrected chi connectivity index (χ2v) is 5.66. The standard InChI is InChI=1S/C18H19FO2/c1-4-18(2,3)14-7-11-16(12-8-14)21-17(20)13-5-9-15(19)10-6-13/h5-12H,4H2,1-3H3. The summed E-state index contributed by atoms with van der Waals surface area (Å²) >= 11 is 0. The van der Waals surface area contributed by atoms with Gasteiger partial charge in [-0.25, -0.2) is 9.18 Å². The fourth-order valence-corrected chi connectivity index (χ4v) is 1.93. The highest BCUT2D eigenvalue weighted by molar-refractivity contribution is 5.90. The molecule has 0 aliphatic rings. The van der Waals surface area contributed by atoms with Crippen LogP contribution in [0.15, 0.2) is 48.5 Å². The molecule has 0 atom stereocenters. The molecule has 2 aromatic rings. The van der Waals surface area contributed by atoms with Crippen molar-refractivity contribution in [2.45, 2.75) is 32.6 Å². The molecule has 2 nitrogen and oxygen atoms in total. The van der Waals surface area contributed by atoms with Crippen LogP contribution < -0.4 is 4.74 Å². The SMILES string of the molecule is CCC(C)(C)c1ccc(OC(=O)c2ccc(F)cc2)cc1. The molecular weight excluding hydrogens is 267 g/mol. The van der Waals surface area contributed by atoms with Crippen molar-refractivity contribution in [3.05, 3.63) is 65.5 Å². The van der Waals surface area contributed by atoms with Crippen LogP contribution in [0.5, 0.6) is 5.75 Å². The van der Waals surface area contributed by atoms with Gasteiger partial charge in [-0.1, -0.05) is 32.9 Å². The van der Waals surface area contributed by atoms with Gasteiger partial charge in [-0.05, 0) is 53.8 Å². The number of benzene rings is 2.